The minimum atomic E-state index is -1.91. The molecule has 0 bridgehead atoms. The number of ether oxygens (including phenoxy) is 1. The van der Waals surface area contributed by atoms with Crippen LogP contribution in [0.15, 0.2) is 65.7 Å². The Kier molecular flexibility index (Phi) is 5.85. The highest BCUT2D eigenvalue weighted by Gasteiger charge is 2.45. The predicted molar refractivity (Wildman–Crippen MR) is 108 cm³/mol. The van der Waals surface area contributed by atoms with Crippen molar-refractivity contribution in [3.63, 3.8) is 0 Å². The van der Waals surface area contributed by atoms with Crippen LogP contribution in [0.2, 0.25) is 0 Å². The number of alkyl halides is 1. The summed E-state index contributed by atoms with van der Waals surface area (Å²) in [6.07, 6.45) is -3.28. The number of aromatic nitrogens is 3. The fraction of sp³-hybridized carbons (Fsp3) is 0.238. The molecule has 0 spiro atoms. The quantitative estimate of drug-likeness (QED) is 0.559. The highest BCUT2D eigenvalue weighted by Crippen LogP contribution is 2.30. The molecule has 1 fully saturated rings. The summed E-state index contributed by atoms with van der Waals surface area (Å²) in [6, 6.07) is 14.2. The number of aliphatic hydroxyl groups is 2. The van der Waals surface area contributed by atoms with Gasteiger partial charge in [-0.15, -0.1) is 0 Å². The van der Waals surface area contributed by atoms with Crippen LogP contribution in [0.3, 0.4) is 0 Å². The van der Waals surface area contributed by atoms with Crippen molar-refractivity contribution in [3.05, 3.63) is 77.1 Å². The number of hydrogen-bond acceptors (Lipinski definition) is 7. The van der Waals surface area contributed by atoms with Crippen molar-refractivity contribution in [2.45, 2.75) is 24.6 Å². The summed E-state index contributed by atoms with van der Waals surface area (Å²) >= 11 is 0. The largest absolute Gasteiger partial charge is 0.394 e. The second kappa shape index (κ2) is 8.72. The van der Waals surface area contributed by atoms with Crippen LogP contribution in [0.25, 0.3) is 11.1 Å². The third kappa shape index (κ3) is 4.22. The molecule has 1 aliphatic rings. The number of nitrogens with zero attached hydrogens (tertiary/aromatic N) is 3. The zero-order valence-electron chi connectivity index (χ0n) is 16.1. The van der Waals surface area contributed by atoms with Crippen LogP contribution in [-0.2, 0) is 4.74 Å². The summed E-state index contributed by atoms with van der Waals surface area (Å²) < 4.78 is 20.3. The fourth-order valence-corrected chi connectivity index (χ4v) is 3.26. The second-order valence-corrected chi connectivity index (χ2v) is 6.94. The van der Waals surface area contributed by atoms with E-state index >= 15 is 0 Å². The first-order valence-corrected chi connectivity index (χ1v) is 9.48. The predicted octanol–water partition coefficient (Wildman–Crippen LogP) is 1.15. The Morgan fingerprint density at radius 2 is 1.94 bits per heavy atom. The summed E-state index contributed by atoms with van der Waals surface area (Å²) in [7, 11) is 0. The number of halogens is 1. The molecule has 10 heteroatoms. The van der Waals surface area contributed by atoms with Crippen molar-refractivity contribution in [2.75, 3.05) is 11.9 Å². The van der Waals surface area contributed by atoms with E-state index in [0.717, 1.165) is 15.7 Å². The molecule has 3 N–H and O–H groups in total. The molecule has 0 saturated carbocycles. The molecule has 2 aromatic heterocycles. The average Bonchev–Trinajstić information content (AvgIpc) is 3.08. The van der Waals surface area contributed by atoms with Gasteiger partial charge in [0.2, 0.25) is 0 Å². The smallest absolute Gasteiger partial charge is 0.351 e. The van der Waals surface area contributed by atoms with Crippen molar-refractivity contribution >= 4 is 11.7 Å². The van der Waals surface area contributed by atoms with Gasteiger partial charge in [0.25, 0.3) is 5.91 Å². The molecule has 4 rings (SSSR count). The second-order valence-electron chi connectivity index (χ2n) is 6.94. The van der Waals surface area contributed by atoms with Gasteiger partial charge in [0.15, 0.2) is 12.4 Å². The molecule has 0 radical (unpaired) electrons. The standard InChI is InChI=1S/C21H19FN4O5/c22-17-18(28)15(11-27)31-20(17)26-9-8-16(25-21(26)30)24-19(29)14-7-6-13(10-23-14)12-4-2-1-3-5-12/h1-10,15,17-18,20,27-28H,11H2,(H,24,25,29,30)/t15-,17-,18-,20+/m1/s1. The number of benzene rings is 1. The minimum Gasteiger partial charge on any atom is -0.394 e. The van der Waals surface area contributed by atoms with Gasteiger partial charge in [0.1, 0.15) is 23.7 Å². The van der Waals surface area contributed by atoms with Gasteiger partial charge in [-0.3, -0.25) is 14.3 Å². The zero-order chi connectivity index (χ0) is 22.0. The SMILES string of the molecule is O=C(Nc1ccn([C@H]2O[C@H](CO)[C@@H](O)[C@H]2F)c(=O)n1)c1ccc(-c2ccccc2)cn1. The molecule has 0 unspecified atom stereocenters. The molecule has 1 amide bonds. The molecule has 1 aromatic carbocycles. The average molecular weight is 426 g/mol. The van der Waals surface area contributed by atoms with Crippen LogP contribution >= 0.6 is 0 Å². The van der Waals surface area contributed by atoms with E-state index in [9.17, 15) is 19.1 Å². The first-order valence-electron chi connectivity index (χ1n) is 9.48. The third-order valence-corrected chi connectivity index (χ3v) is 4.92. The number of nitrogens with one attached hydrogen (secondary N) is 1. The normalized spacial score (nSPS) is 22.9. The summed E-state index contributed by atoms with van der Waals surface area (Å²) in [6.45, 7) is -0.593. The van der Waals surface area contributed by atoms with E-state index in [4.69, 9.17) is 9.84 Å². The van der Waals surface area contributed by atoms with Crippen molar-refractivity contribution < 1.29 is 24.1 Å². The van der Waals surface area contributed by atoms with Gasteiger partial charge < -0.3 is 20.3 Å². The van der Waals surface area contributed by atoms with Crippen molar-refractivity contribution in [2.24, 2.45) is 0 Å². The van der Waals surface area contributed by atoms with Crippen LogP contribution in [0.1, 0.15) is 16.7 Å². The van der Waals surface area contributed by atoms with Crippen molar-refractivity contribution in [3.8, 4) is 11.1 Å². The van der Waals surface area contributed by atoms with Crippen molar-refractivity contribution in [1.82, 2.24) is 14.5 Å². The van der Waals surface area contributed by atoms with Crippen molar-refractivity contribution in [1.29, 1.82) is 0 Å². The molecule has 3 heterocycles. The Hall–Kier alpha value is -3.47. The molecule has 31 heavy (non-hydrogen) atoms. The lowest BCUT2D eigenvalue weighted by molar-refractivity contribution is -0.0490. The Bertz CT molecular complexity index is 1120. The molecule has 1 saturated heterocycles. The van der Waals surface area contributed by atoms with Crippen LogP contribution in [0, 0.1) is 0 Å². The van der Waals surface area contributed by atoms with E-state index in [-0.39, 0.29) is 11.5 Å². The van der Waals surface area contributed by atoms with E-state index in [1.807, 2.05) is 30.3 Å². The lowest BCUT2D eigenvalue weighted by Crippen LogP contribution is -2.33. The molecule has 4 atom stereocenters. The highest BCUT2D eigenvalue weighted by atomic mass is 19.1. The first-order chi connectivity index (χ1) is 15.0. The number of carbonyl (C=O) groups is 1. The van der Waals surface area contributed by atoms with E-state index in [1.165, 1.54) is 12.3 Å². The molecule has 160 valence electrons. The maximum Gasteiger partial charge on any atom is 0.351 e. The Morgan fingerprint density at radius 3 is 2.55 bits per heavy atom. The molecular formula is C21H19FN4O5. The highest BCUT2D eigenvalue weighted by molar-refractivity contribution is 6.02. The van der Waals surface area contributed by atoms with E-state index in [1.54, 1.807) is 18.3 Å². The van der Waals surface area contributed by atoms with Gasteiger partial charge in [-0.25, -0.2) is 9.18 Å². The van der Waals surface area contributed by atoms with Crippen LogP contribution in [0.4, 0.5) is 10.2 Å². The number of amides is 1. The van der Waals surface area contributed by atoms with Gasteiger partial charge in [0.05, 0.1) is 6.61 Å². The number of rotatable bonds is 5. The molecular weight excluding hydrogens is 407 g/mol. The summed E-state index contributed by atoms with van der Waals surface area (Å²) in [5.41, 5.74) is 1.05. The Balaban J connectivity index is 1.47. The minimum absolute atomic E-state index is 0.0483. The van der Waals surface area contributed by atoms with Gasteiger partial charge in [-0.2, -0.15) is 4.98 Å². The van der Waals surface area contributed by atoms with Crippen LogP contribution in [-0.4, -0.2) is 55.6 Å². The van der Waals surface area contributed by atoms with Gasteiger partial charge in [-0.1, -0.05) is 36.4 Å². The number of pyridine rings is 1. The molecule has 3 aromatic rings. The topological polar surface area (TPSA) is 127 Å². The summed E-state index contributed by atoms with van der Waals surface area (Å²) in [4.78, 5) is 32.6. The van der Waals surface area contributed by atoms with E-state index in [0.29, 0.717) is 0 Å². The Labute approximate surface area is 175 Å². The van der Waals surface area contributed by atoms with Crippen LogP contribution in [0.5, 0.6) is 0 Å². The maximum absolute atomic E-state index is 14.2. The van der Waals surface area contributed by atoms with Gasteiger partial charge >= 0.3 is 5.69 Å². The monoisotopic (exact) mass is 426 g/mol. The fourth-order valence-electron chi connectivity index (χ4n) is 3.26. The lowest BCUT2D eigenvalue weighted by atomic mass is 10.1. The third-order valence-electron chi connectivity index (χ3n) is 4.92. The molecule has 9 nitrogen and oxygen atoms in total. The number of anilines is 1. The van der Waals surface area contributed by atoms with Crippen LogP contribution < -0.4 is 11.0 Å². The Morgan fingerprint density at radius 1 is 1.16 bits per heavy atom. The first kappa shape index (κ1) is 20.8. The van der Waals surface area contributed by atoms with E-state index < -0.39 is 42.8 Å². The zero-order valence-corrected chi connectivity index (χ0v) is 16.1. The maximum atomic E-state index is 14.2. The summed E-state index contributed by atoms with van der Waals surface area (Å²) in [5.74, 6) is -0.617. The number of carbonyl (C=O) groups excluding carboxylic acids is 1. The van der Waals surface area contributed by atoms with E-state index in [2.05, 4.69) is 15.3 Å². The number of hydrogen-bond donors (Lipinski definition) is 3. The lowest BCUT2D eigenvalue weighted by Gasteiger charge is -2.16. The summed E-state index contributed by atoms with van der Waals surface area (Å²) in [5, 5.41) is 21.3. The number of aliphatic hydroxyl groups excluding tert-OH is 2. The molecule has 1 aliphatic heterocycles. The van der Waals surface area contributed by atoms with Gasteiger partial charge in [-0.05, 0) is 17.7 Å². The molecule has 0 aliphatic carbocycles. The van der Waals surface area contributed by atoms with Gasteiger partial charge in [0, 0.05) is 18.0 Å².